The standard InChI is InChI=1S/C16H22N4O3/c1-20(2)13(11-6-4-3-5-7-11)10-17-14(21)9-8-12-15(22)19-16(23)18-12/h3-7,12-13H,8-10H2,1-2H3,(H,17,21)(H2,18,19,22,23). The minimum atomic E-state index is -0.619. The van der Waals surface area contributed by atoms with Crippen LogP contribution < -0.4 is 16.0 Å². The van der Waals surface area contributed by atoms with Gasteiger partial charge >= 0.3 is 6.03 Å². The highest BCUT2D eigenvalue weighted by atomic mass is 16.2. The highest BCUT2D eigenvalue weighted by Gasteiger charge is 2.29. The SMILES string of the molecule is CN(C)C(CNC(=O)CCC1NC(=O)NC1=O)c1ccccc1. The molecule has 1 aromatic rings. The predicted molar refractivity (Wildman–Crippen MR) is 85.6 cm³/mol. The van der Waals surface area contributed by atoms with Gasteiger partial charge in [-0.3, -0.25) is 14.9 Å². The van der Waals surface area contributed by atoms with Crippen molar-refractivity contribution in [2.45, 2.75) is 24.9 Å². The Morgan fingerprint density at radius 1 is 1.26 bits per heavy atom. The summed E-state index contributed by atoms with van der Waals surface area (Å²) in [4.78, 5) is 36.4. The van der Waals surface area contributed by atoms with Crippen molar-refractivity contribution in [3.8, 4) is 0 Å². The predicted octanol–water partition coefficient (Wildman–Crippen LogP) is 0.394. The van der Waals surface area contributed by atoms with E-state index in [0.717, 1.165) is 5.56 Å². The van der Waals surface area contributed by atoms with E-state index >= 15 is 0 Å². The largest absolute Gasteiger partial charge is 0.354 e. The number of carbonyl (C=O) groups excluding carboxylic acids is 3. The molecule has 1 aliphatic heterocycles. The molecule has 7 nitrogen and oxygen atoms in total. The fourth-order valence-electron chi connectivity index (χ4n) is 2.51. The molecule has 1 aromatic carbocycles. The molecule has 0 aromatic heterocycles. The van der Waals surface area contributed by atoms with E-state index in [1.54, 1.807) is 0 Å². The Morgan fingerprint density at radius 3 is 2.52 bits per heavy atom. The van der Waals surface area contributed by atoms with Gasteiger partial charge in [-0.05, 0) is 26.1 Å². The average Bonchev–Trinajstić information content (AvgIpc) is 2.84. The third-order valence-electron chi connectivity index (χ3n) is 3.82. The molecule has 0 bridgehead atoms. The fourth-order valence-corrected chi connectivity index (χ4v) is 2.51. The molecule has 1 aliphatic rings. The molecule has 0 spiro atoms. The van der Waals surface area contributed by atoms with E-state index in [0.29, 0.717) is 13.0 Å². The van der Waals surface area contributed by atoms with Gasteiger partial charge in [0, 0.05) is 13.0 Å². The van der Waals surface area contributed by atoms with E-state index in [1.165, 1.54) is 0 Å². The molecule has 0 saturated carbocycles. The summed E-state index contributed by atoms with van der Waals surface area (Å²) < 4.78 is 0. The summed E-state index contributed by atoms with van der Waals surface area (Å²) in [6.07, 6.45) is 0.481. The molecule has 1 fully saturated rings. The van der Waals surface area contributed by atoms with Gasteiger partial charge in [-0.1, -0.05) is 30.3 Å². The molecular weight excluding hydrogens is 296 g/mol. The monoisotopic (exact) mass is 318 g/mol. The Bertz CT molecular complexity index is 574. The molecule has 2 rings (SSSR count). The van der Waals surface area contributed by atoms with Crippen molar-refractivity contribution in [2.24, 2.45) is 0 Å². The van der Waals surface area contributed by atoms with Gasteiger partial charge < -0.3 is 15.5 Å². The van der Waals surface area contributed by atoms with E-state index in [9.17, 15) is 14.4 Å². The topological polar surface area (TPSA) is 90.5 Å². The Balaban J connectivity index is 1.80. The van der Waals surface area contributed by atoms with Crippen LogP contribution in [0.4, 0.5) is 4.79 Å². The Hall–Kier alpha value is -2.41. The van der Waals surface area contributed by atoms with Crippen molar-refractivity contribution in [1.29, 1.82) is 0 Å². The number of amides is 4. The van der Waals surface area contributed by atoms with Gasteiger partial charge in [0.05, 0.1) is 6.04 Å². The summed E-state index contributed by atoms with van der Waals surface area (Å²) in [5.41, 5.74) is 1.13. The average molecular weight is 318 g/mol. The zero-order valence-corrected chi connectivity index (χ0v) is 13.3. The van der Waals surface area contributed by atoms with E-state index in [-0.39, 0.29) is 24.3 Å². The van der Waals surface area contributed by atoms with Gasteiger partial charge in [0.25, 0.3) is 5.91 Å². The van der Waals surface area contributed by atoms with Crippen LogP contribution in [0.3, 0.4) is 0 Å². The molecule has 7 heteroatoms. The first-order valence-electron chi connectivity index (χ1n) is 7.57. The second-order valence-electron chi connectivity index (χ2n) is 5.75. The Morgan fingerprint density at radius 2 is 1.96 bits per heavy atom. The summed E-state index contributed by atoms with van der Waals surface area (Å²) in [6, 6.07) is 8.89. The molecule has 1 saturated heterocycles. The molecule has 124 valence electrons. The Kier molecular flexibility index (Phi) is 5.70. The maximum atomic E-state index is 12.0. The molecule has 1 heterocycles. The number of carbonyl (C=O) groups is 3. The first-order valence-corrected chi connectivity index (χ1v) is 7.57. The number of imide groups is 1. The quantitative estimate of drug-likeness (QED) is 0.635. The van der Waals surface area contributed by atoms with E-state index in [4.69, 9.17) is 0 Å². The molecule has 2 unspecified atom stereocenters. The number of hydrogen-bond donors (Lipinski definition) is 3. The second-order valence-corrected chi connectivity index (χ2v) is 5.75. The van der Waals surface area contributed by atoms with Crippen LogP contribution in [0.25, 0.3) is 0 Å². The van der Waals surface area contributed by atoms with Crippen LogP contribution in [-0.4, -0.2) is 49.4 Å². The minimum Gasteiger partial charge on any atom is -0.354 e. The molecule has 2 atom stereocenters. The van der Waals surface area contributed by atoms with Crippen molar-refractivity contribution >= 4 is 17.8 Å². The lowest BCUT2D eigenvalue weighted by molar-refractivity contribution is -0.122. The lowest BCUT2D eigenvalue weighted by atomic mass is 10.1. The number of hydrogen-bond acceptors (Lipinski definition) is 4. The first-order chi connectivity index (χ1) is 11.0. The van der Waals surface area contributed by atoms with Crippen LogP contribution in [0, 0.1) is 0 Å². The van der Waals surface area contributed by atoms with Crippen LogP contribution in [0.2, 0.25) is 0 Å². The summed E-state index contributed by atoms with van der Waals surface area (Å²) in [7, 11) is 3.92. The van der Waals surface area contributed by atoms with Gasteiger partial charge in [-0.2, -0.15) is 0 Å². The van der Waals surface area contributed by atoms with Crippen LogP contribution >= 0.6 is 0 Å². The van der Waals surface area contributed by atoms with E-state index < -0.39 is 12.1 Å². The third-order valence-corrected chi connectivity index (χ3v) is 3.82. The van der Waals surface area contributed by atoms with Gasteiger partial charge in [-0.25, -0.2) is 4.79 Å². The number of benzene rings is 1. The number of nitrogens with zero attached hydrogens (tertiary/aromatic N) is 1. The number of rotatable bonds is 7. The lowest BCUT2D eigenvalue weighted by Crippen LogP contribution is -2.36. The highest BCUT2D eigenvalue weighted by Crippen LogP contribution is 2.16. The maximum Gasteiger partial charge on any atom is 0.322 e. The molecule has 23 heavy (non-hydrogen) atoms. The zero-order valence-electron chi connectivity index (χ0n) is 13.3. The molecular formula is C16H22N4O3. The molecule has 0 radical (unpaired) electrons. The normalized spacial score (nSPS) is 18.5. The summed E-state index contributed by atoms with van der Waals surface area (Å²) in [6.45, 7) is 0.485. The van der Waals surface area contributed by atoms with Crippen LogP contribution in [-0.2, 0) is 9.59 Å². The van der Waals surface area contributed by atoms with Crippen molar-refractivity contribution in [2.75, 3.05) is 20.6 Å². The highest BCUT2D eigenvalue weighted by molar-refractivity contribution is 6.04. The summed E-state index contributed by atoms with van der Waals surface area (Å²) >= 11 is 0. The smallest absolute Gasteiger partial charge is 0.322 e. The number of likely N-dealkylation sites (N-methyl/N-ethyl adjacent to an activating group) is 1. The summed E-state index contributed by atoms with van der Waals surface area (Å²) in [5, 5.41) is 7.52. The summed E-state index contributed by atoms with van der Waals surface area (Å²) in [5.74, 6) is -0.514. The van der Waals surface area contributed by atoms with Crippen LogP contribution in [0.15, 0.2) is 30.3 Å². The van der Waals surface area contributed by atoms with Gasteiger partial charge in [0.2, 0.25) is 5.91 Å². The molecule has 4 amide bonds. The van der Waals surface area contributed by atoms with Gasteiger partial charge in [0.15, 0.2) is 0 Å². The van der Waals surface area contributed by atoms with Gasteiger partial charge in [-0.15, -0.1) is 0 Å². The number of urea groups is 1. The van der Waals surface area contributed by atoms with Crippen molar-refractivity contribution in [1.82, 2.24) is 20.9 Å². The minimum absolute atomic E-state index is 0.0784. The molecule has 3 N–H and O–H groups in total. The van der Waals surface area contributed by atoms with Crippen molar-refractivity contribution in [3.63, 3.8) is 0 Å². The fraction of sp³-hybridized carbons (Fsp3) is 0.438. The second kappa shape index (κ2) is 7.73. The number of nitrogens with one attached hydrogen (secondary N) is 3. The Labute approximate surface area is 135 Å². The van der Waals surface area contributed by atoms with Crippen molar-refractivity contribution in [3.05, 3.63) is 35.9 Å². The molecule has 0 aliphatic carbocycles. The van der Waals surface area contributed by atoms with Gasteiger partial charge in [0.1, 0.15) is 6.04 Å². The zero-order chi connectivity index (χ0) is 16.8. The lowest BCUT2D eigenvalue weighted by Gasteiger charge is -2.25. The van der Waals surface area contributed by atoms with E-state index in [1.807, 2.05) is 49.3 Å². The first kappa shape index (κ1) is 17.0. The van der Waals surface area contributed by atoms with Crippen molar-refractivity contribution < 1.29 is 14.4 Å². The van der Waals surface area contributed by atoms with E-state index in [2.05, 4.69) is 16.0 Å². The third kappa shape index (κ3) is 4.79. The maximum absolute atomic E-state index is 12.0. The van der Waals surface area contributed by atoms with Crippen LogP contribution in [0.5, 0.6) is 0 Å². The van der Waals surface area contributed by atoms with Crippen LogP contribution in [0.1, 0.15) is 24.4 Å².